The third-order valence-electron chi connectivity index (χ3n) is 3.55. The monoisotopic (exact) mass is 250 g/mol. The minimum Gasteiger partial charge on any atom is -0.353 e. The molecule has 1 N–H and O–H groups in total. The van der Waals surface area contributed by atoms with Gasteiger partial charge in [0.15, 0.2) is 0 Å². The van der Waals surface area contributed by atoms with E-state index in [-0.39, 0.29) is 0 Å². The number of rotatable bonds is 7. The molecule has 1 aromatic rings. The number of hydrogen-bond acceptors (Lipinski definition) is 3. The van der Waals surface area contributed by atoms with E-state index in [0.717, 1.165) is 19.0 Å². The van der Waals surface area contributed by atoms with Crippen molar-refractivity contribution in [3.63, 3.8) is 0 Å². The highest BCUT2D eigenvalue weighted by atomic mass is 15.2. The zero-order valence-corrected chi connectivity index (χ0v) is 12.1. The fraction of sp³-hybridized carbons (Fsp3) is 0.786. The molecule has 0 bridgehead atoms. The Labute approximate surface area is 110 Å². The average molecular weight is 250 g/mol. The van der Waals surface area contributed by atoms with Crippen molar-refractivity contribution in [2.24, 2.45) is 0 Å². The Morgan fingerprint density at radius 2 is 2.00 bits per heavy atom. The van der Waals surface area contributed by atoms with Crippen LogP contribution in [0.2, 0.25) is 0 Å². The third-order valence-corrected chi connectivity index (χ3v) is 3.55. The van der Waals surface area contributed by atoms with Crippen molar-refractivity contribution < 1.29 is 0 Å². The van der Waals surface area contributed by atoms with Gasteiger partial charge in [-0.3, -0.25) is 4.90 Å². The van der Waals surface area contributed by atoms with Crippen LogP contribution < -0.4 is 5.32 Å². The highest BCUT2D eigenvalue weighted by Gasteiger charge is 2.22. The topological polar surface area (TPSA) is 33.1 Å². The van der Waals surface area contributed by atoms with Gasteiger partial charge in [0.05, 0.1) is 0 Å². The fourth-order valence-electron chi connectivity index (χ4n) is 2.38. The van der Waals surface area contributed by atoms with Crippen molar-refractivity contribution in [2.45, 2.75) is 65.2 Å². The largest absolute Gasteiger partial charge is 0.353 e. The molecule has 4 nitrogen and oxygen atoms in total. The predicted octanol–water partition coefficient (Wildman–Crippen LogP) is 2.58. The van der Waals surface area contributed by atoms with Crippen molar-refractivity contribution in [3.05, 3.63) is 12.4 Å². The standard InChI is InChI=1S/C14H26N4/c1-11(2)18(12(3)4)10-9-17-8-7-15-14(17)16-13-5-6-13/h7-8,11-13H,5-6,9-10H2,1-4H3,(H,15,16). The lowest BCUT2D eigenvalue weighted by Gasteiger charge is -2.30. The van der Waals surface area contributed by atoms with Gasteiger partial charge in [0.2, 0.25) is 5.95 Å². The van der Waals surface area contributed by atoms with E-state index < -0.39 is 0 Å². The van der Waals surface area contributed by atoms with E-state index in [9.17, 15) is 0 Å². The van der Waals surface area contributed by atoms with Crippen LogP contribution in [0.3, 0.4) is 0 Å². The minimum absolute atomic E-state index is 0.591. The van der Waals surface area contributed by atoms with Crippen molar-refractivity contribution in [2.75, 3.05) is 11.9 Å². The van der Waals surface area contributed by atoms with Crippen LogP contribution in [0.4, 0.5) is 5.95 Å². The smallest absolute Gasteiger partial charge is 0.203 e. The second-order valence-electron chi connectivity index (χ2n) is 5.79. The second-order valence-corrected chi connectivity index (χ2v) is 5.79. The van der Waals surface area contributed by atoms with E-state index in [1.54, 1.807) is 0 Å². The van der Waals surface area contributed by atoms with Gasteiger partial charge in [-0.05, 0) is 40.5 Å². The number of nitrogens with zero attached hydrogens (tertiary/aromatic N) is 3. The predicted molar refractivity (Wildman–Crippen MR) is 75.8 cm³/mol. The first-order valence-electron chi connectivity index (χ1n) is 7.11. The molecule has 0 aliphatic heterocycles. The molecule has 2 rings (SSSR count). The van der Waals surface area contributed by atoms with Gasteiger partial charge in [0, 0.05) is 43.6 Å². The maximum absolute atomic E-state index is 4.40. The first-order valence-corrected chi connectivity index (χ1v) is 7.11. The van der Waals surface area contributed by atoms with E-state index in [4.69, 9.17) is 0 Å². The van der Waals surface area contributed by atoms with Gasteiger partial charge in [0.1, 0.15) is 0 Å². The Kier molecular flexibility index (Phi) is 4.27. The molecule has 102 valence electrons. The lowest BCUT2D eigenvalue weighted by atomic mass is 10.2. The van der Waals surface area contributed by atoms with Gasteiger partial charge in [0.25, 0.3) is 0 Å². The van der Waals surface area contributed by atoms with Crippen LogP contribution in [-0.2, 0) is 6.54 Å². The quantitative estimate of drug-likeness (QED) is 0.807. The minimum atomic E-state index is 0.591. The molecule has 0 radical (unpaired) electrons. The summed E-state index contributed by atoms with van der Waals surface area (Å²) in [6.45, 7) is 11.1. The number of anilines is 1. The van der Waals surface area contributed by atoms with Gasteiger partial charge in [-0.1, -0.05) is 0 Å². The summed E-state index contributed by atoms with van der Waals surface area (Å²) < 4.78 is 2.23. The van der Waals surface area contributed by atoms with Gasteiger partial charge in [-0.25, -0.2) is 4.98 Å². The summed E-state index contributed by atoms with van der Waals surface area (Å²) in [6.07, 6.45) is 6.54. The molecule has 0 amide bonds. The maximum Gasteiger partial charge on any atom is 0.203 e. The molecular formula is C14H26N4. The molecule has 4 heteroatoms. The molecule has 1 heterocycles. The first kappa shape index (κ1) is 13.4. The molecule has 0 saturated heterocycles. The van der Waals surface area contributed by atoms with Gasteiger partial charge in [-0.15, -0.1) is 0 Å². The second kappa shape index (κ2) is 5.74. The molecule has 1 aliphatic carbocycles. The van der Waals surface area contributed by atoms with Gasteiger partial charge < -0.3 is 9.88 Å². The molecule has 1 aliphatic rings. The maximum atomic E-state index is 4.40. The Hall–Kier alpha value is -1.03. The van der Waals surface area contributed by atoms with E-state index in [0.29, 0.717) is 18.1 Å². The SMILES string of the molecule is CC(C)N(CCn1ccnc1NC1CC1)C(C)C. The van der Waals surface area contributed by atoms with E-state index in [1.165, 1.54) is 12.8 Å². The number of imidazole rings is 1. The summed E-state index contributed by atoms with van der Waals surface area (Å²) in [5.74, 6) is 1.03. The van der Waals surface area contributed by atoms with Crippen molar-refractivity contribution in [1.29, 1.82) is 0 Å². The highest BCUT2D eigenvalue weighted by molar-refractivity contribution is 5.29. The summed E-state index contributed by atoms with van der Waals surface area (Å²) >= 11 is 0. The average Bonchev–Trinajstić information content (AvgIpc) is 2.98. The molecule has 0 unspecified atom stereocenters. The molecule has 18 heavy (non-hydrogen) atoms. The van der Waals surface area contributed by atoms with Crippen LogP contribution in [0.15, 0.2) is 12.4 Å². The zero-order chi connectivity index (χ0) is 13.1. The molecule has 1 saturated carbocycles. The summed E-state index contributed by atoms with van der Waals surface area (Å²) in [6, 6.07) is 1.85. The molecule has 1 fully saturated rings. The highest BCUT2D eigenvalue weighted by Crippen LogP contribution is 2.23. The van der Waals surface area contributed by atoms with E-state index in [2.05, 4.69) is 53.7 Å². The van der Waals surface area contributed by atoms with Crippen molar-refractivity contribution in [3.8, 4) is 0 Å². The summed E-state index contributed by atoms with van der Waals surface area (Å²) in [5, 5.41) is 3.48. The zero-order valence-electron chi connectivity index (χ0n) is 12.1. The van der Waals surface area contributed by atoms with Gasteiger partial charge >= 0.3 is 0 Å². The lowest BCUT2D eigenvalue weighted by molar-refractivity contribution is 0.168. The van der Waals surface area contributed by atoms with Crippen LogP contribution >= 0.6 is 0 Å². The molecular weight excluding hydrogens is 224 g/mol. The Balaban J connectivity index is 1.90. The Morgan fingerprint density at radius 3 is 2.56 bits per heavy atom. The van der Waals surface area contributed by atoms with Crippen LogP contribution in [-0.4, -0.2) is 39.1 Å². The van der Waals surface area contributed by atoms with E-state index in [1.807, 2.05) is 6.20 Å². The van der Waals surface area contributed by atoms with Crippen LogP contribution in [0.5, 0.6) is 0 Å². The van der Waals surface area contributed by atoms with Crippen molar-refractivity contribution in [1.82, 2.24) is 14.5 Å². The van der Waals surface area contributed by atoms with Crippen LogP contribution in [0.25, 0.3) is 0 Å². The first-order chi connectivity index (χ1) is 8.58. The molecule has 0 aromatic carbocycles. The molecule has 0 atom stereocenters. The summed E-state index contributed by atoms with van der Waals surface area (Å²) in [7, 11) is 0. The molecule has 1 aromatic heterocycles. The van der Waals surface area contributed by atoms with Gasteiger partial charge in [-0.2, -0.15) is 0 Å². The normalized spacial score (nSPS) is 15.9. The van der Waals surface area contributed by atoms with E-state index >= 15 is 0 Å². The van der Waals surface area contributed by atoms with Crippen LogP contribution in [0, 0.1) is 0 Å². The molecule has 0 spiro atoms. The Morgan fingerprint density at radius 1 is 1.33 bits per heavy atom. The fourth-order valence-corrected chi connectivity index (χ4v) is 2.38. The summed E-state index contributed by atoms with van der Waals surface area (Å²) in [5.41, 5.74) is 0. The number of nitrogens with one attached hydrogen (secondary N) is 1. The van der Waals surface area contributed by atoms with Crippen molar-refractivity contribution >= 4 is 5.95 Å². The summed E-state index contributed by atoms with van der Waals surface area (Å²) in [4.78, 5) is 6.91. The number of aromatic nitrogens is 2. The Bertz CT molecular complexity index is 358. The van der Waals surface area contributed by atoms with Crippen LogP contribution in [0.1, 0.15) is 40.5 Å². The third kappa shape index (κ3) is 3.48. The lowest BCUT2D eigenvalue weighted by Crippen LogP contribution is -2.39. The number of hydrogen-bond donors (Lipinski definition) is 1.